The van der Waals surface area contributed by atoms with Crippen molar-refractivity contribution in [3.05, 3.63) is 11.3 Å². The molecule has 0 aromatic carbocycles. The number of ether oxygens (including phenoxy) is 1. The Morgan fingerprint density at radius 2 is 2.50 bits per heavy atom. The van der Waals surface area contributed by atoms with Gasteiger partial charge in [0.15, 0.2) is 0 Å². The van der Waals surface area contributed by atoms with Crippen LogP contribution >= 0.6 is 0 Å². The van der Waals surface area contributed by atoms with Crippen LogP contribution in [0.1, 0.15) is 11.3 Å². The highest BCUT2D eigenvalue weighted by Gasteiger charge is 2.20. The van der Waals surface area contributed by atoms with Crippen molar-refractivity contribution in [2.24, 2.45) is 0 Å². The molecule has 0 radical (unpaired) electrons. The van der Waals surface area contributed by atoms with Gasteiger partial charge >= 0.3 is 0 Å². The van der Waals surface area contributed by atoms with Gasteiger partial charge in [0.1, 0.15) is 6.61 Å². The molecule has 0 saturated heterocycles. The highest BCUT2D eigenvalue weighted by Crippen LogP contribution is 2.25. The molecule has 1 aromatic rings. The highest BCUT2D eigenvalue weighted by atomic mass is 16.5. The second-order valence-corrected chi connectivity index (χ2v) is 2.91. The maximum atomic E-state index is 8.80. The molecule has 66 valence electrons. The molecule has 0 atom stereocenters. The molecule has 0 fully saturated rings. The summed E-state index contributed by atoms with van der Waals surface area (Å²) in [5.74, 6) is 0.849. The van der Waals surface area contributed by atoms with Gasteiger partial charge in [-0.05, 0) is 6.92 Å². The van der Waals surface area contributed by atoms with E-state index in [1.807, 2.05) is 11.6 Å². The van der Waals surface area contributed by atoms with Gasteiger partial charge in [-0.3, -0.25) is 0 Å². The van der Waals surface area contributed by atoms with Gasteiger partial charge in [-0.25, -0.2) is 4.68 Å². The Labute approximate surface area is 70.8 Å². The summed E-state index contributed by atoms with van der Waals surface area (Å²) in [5, 5.41) is 13.1. The molecule has 0 saturated carbocycles. The van der Waals surface area contributed by atoms with Gasteiger partial charge in [0, 0.05) is 18.6 Å². The SMILES string of the molecule is Cc1nn2c(c1CCO)OCC2. The van der Waals surface area contributed by atoms with E-state index in [1.165, 1.54) is 0 Å². The molecular formula is C8H12N2O2. The summed E-state index contributed by atoms with van der Waals surface area (Å²) in [6.07, 6.45) is 0.640. The first-order valence-corrected chi connectivity index (χ1v) is 4.13. The standard InChI is InChI=1S/C8H12N2O2/c1-6-7(2-4-11)8-10(9-6)3-5-12-8/h11H,2-5H2,1H3. The maximum absolute atomic E-state index is 8.80. The molecule has 0 amide bonds. The molecule has 0 spiro atoms. The number of aromatic nitrogens is 2. The van der Waals surface area contributed by atoms with Crippen molar-refractivity contribution < 1.29 is 9.84 Å². The summed E-state index contributed by atoms with van der Waals surface area (Å²) in [7, 11) is 0. The van der Waals surface area contributed by atoms with Crippen molar-refractivity contribution >= 4 is 0 Å². The van der Waals surface area contributed by atoms with Crippen molar-refractivity contribution in [2.45, 2.75) is 19.9 Å². The van der Waals surface area contributed by atoms with E-state index in [0.717, 1.165) is 23.7 Å². The number of fused-ring (bicyclic) bond motifs is 1. The molecule has 1 aromatic heterocycles. The minimum absolute atomic E-state index is 0.156. The lowest BCUT2D eigenvalue weighted by Crippen LogP contribution is -1.97. The lowest BCUT2D eigenvalue weighted by Gasteiger charge is -1.98. The van der Waals surface area contributed by atoms with E-state index in [1.54, 1.807) is 0 Å². The van der Waals surface area contributed by atoms with E-state index in [4.69, 9.17) is 9.84 Å². The molecular weight excluding hydrogens is 156 g/mol. The van der Waals surface area contributed by atoms with E-state index < -0.39 is 0 Å². The summed E-state index contributed by atoms with van der Waals surface area (Å²) < 4.78 is 7.25. The predicted octanol–water partition coefficient (Wildman–Crippen LogP) is 0.119. The molecule has 1 aliphatic rings. The molecule has 2 rings (SSSR count). The van der Waals surface area contributed by atoms with Crippen LogP contribution in [0.15, 0.2) is 0 Å². The number of hydrogen-bond donors (Lipinski definition) is 1. The number of nitrogens with zero attached hydrogens (tertiary/aromatic N) is 2. The Morgan fingerprint density at radius 1 is 1.67 bits per heavy atom. The van der Waals surface area contributed by atoms with E-state index in [2.05, 4.69) is 5.10 Å². The fourth-order valence-corrected chi connectivity index (χ4v) is 1.54. The highest BCUT2D eigenvalue weighted by molar-refractivity contribution is 5.32. The topological polar surface area (TPSA) is 47.3 Å². The zero-order valence-electron chi connectivity index (χ0n) is 7.08. The molecule has 1 N–H and O–H groups in total. The lowest BCUT2D eigenvalue weighted by atomic mass is 10.2. The Balaban J connectivity index is 2.38. The van der Waals surface area contributed by atoms with Crippen LogP contribution in [0, 0.1) is 6.92 Å². The second kappa shape index (κ2) is 2.79. The molecule has 2 heterocycles. The van der Waals surface area contributed by atoms with E-state index in [9.17, 15) is 0 Å². The molecule has 0 unspecified atom stereocenters. The molecule has 12 heavy (non-hydrogen) atoms. The van der Waals surface area contributed by atoms with Crippen molar-refractivity contribution in [1.29, 1.82) is 0 Å². The number of hydrogen-bond acceptors (Lipinski definition) is 3. The average Bonchev–Trinajstić information content (AvgIpc) is 2.56. The normalized spacial score (nSPS) is 14.5. The van der Waals surface area contributed by atoms with Crippen LogP contribution in [0.3, 0.4) is 0 Å². The van der Waals surface area contributed by atoms with Crippen LogP contribution < -0.4 is 4.74 Å². The van der Waals surface area contributed by atoms with E-state index in [0.29, 0.717) is 13.0 Å². The number of aliphatic hydroxyl groups excluding tert-OH is 1. The van der Waals surface area contributed by atoms with Gasteiger partial charge in [-0.2, -0.15) is 5.10 Å². The summed E-state index contributed by atoms with van der Waals surface area (Å²) in [6.45, 7) is 3.64. The Bertz CT molecular complexity index is 293. The fourth-order valence-electron chi connectivity index (χ4n) is 1.54. The Kier molecular flexibility index (Phi) is 1.77. The van der Waals surface area contributed by atoms with Crippen LogP contribution in [0.5, 0.6) is 5.88 Å². The molecule has 0 bridgehead atoms. The first kappa shape index (κ1) is 7.61. The predicted molar refractivity (Wildman–Crippen MR) is 43.2 cm³/mol. The summed E-state index contributed by atoms with van der Waals surface area (Å²) in [5.41, 5.74) is 2.02. The van der Waals surface area contributed by atoms with Crippen molar-refractivity contribution in [1.82, 2.24) is 9.78 Å². The first-order valence-electron chi connectivity index (χ1n) is 4.13. The van der Waals surface area contributed by atoms with Gasteiger partial charge in [0.2, 0.25) is 5.88 Å². The monoisotopic (exact) mass is 168 g/mol. The summed E-state index contributed by atoms with van der Waals surface area (Å²) in [4.78, 5) is 0. The van der Waals surface area contributed by atoms with Crippen LogP contribution in [0.2, 0.25) is 0 Å². The largest absolute Gasteiger partial charge is 0.476 e. The summed E-state index contributed by atoms with van der Waals surface area (Å²) >= 11 is 0. The Morgan fingerprint density at radius 3 is 3.25 bits per heavy atom. The van der Waals surface area contributed by atoms with Crippen molar-refractivity contribution in [2.75, 3.05) is 13.2 Å². The third kappa shape index (κ3) is 0.992. The first-order chi connectivity index (χ1) is 5.83. The minimum atomic E-state index is 0.156. The van der Waals surface area contributed by atoms with Gasteiger partial charge < -0.3 is 9.84 Å². The van der Waals surface area contributed by atoms with E-state index >= 15 is 0 Å². The quantitative estimate of drug-likeness (QED) is 0.682. The van der Waals surface area contributed by atoms with Gasteiger partial charge in [0.05, 0.1) is 12.2 Å². The van der Waals surface area contributed by atoms with E-state index in [-0.39, 0.29) is 6.61 Å². The van der Waals surface area contributed by atoms with Crippen molar-refractivity contribution in [3.8, 4) is 5.88 Å². The zero-order chi connectivity index (χ0) is 8.55. The van der Waals surface area contributed by atoms with Crippen LogP contribution in [0.25, 0.3) is 0 Å². The maximum Gasteiger partial charge on any atom is 0.215 e. The fraction of sp³-hybridized carbons (Fsp3) is 0.625. The van der Waals surface area contributed by atoms with Crippen LogP contribution in [-0.4, -0.2) is 28.1 Å². The zero-order valence-corrected chi connectivity index (χ0v) is 7.08. The number of aliphatic hydroxyl groups is 1. The third-order valence-corrected chi connectivity index (χ3v) is 2.10. The second-order valence-electron chi connectivity index (χ2n) is 2.91. The Hall–Kier alpha value is -1.03. The average molecular weight is 168 g/mol. The van der Waals surface area contributed by atoms with Crippen molar-refractivity contribution in [3.63, 3.8) is 0 Å². The molecule has 4 heteroatoms. The minimum Gasteiger partial charge on any atom is -0.476 e. The van der Waals surface area contributed by atoms with Crippen LogP contribution in [0.4, 0.5) is 0 Å². The summed E-state index contributed by atoms with van der Waals surface area (Å²) in [6, 6.07) is 0. The van der Waals surface area contributed by atoms with Gasteiger partial charge in [-0.1, -0.05) is 0 Å². The van der Waals surface area contributed by atoms with Crippen LogP contribution in [-0.2, 0) is 13.0 Å². The smallest absolute Gasteiger partial charge is 0.215 e. The van der Waals surface area contributed by atoms with Gasteiger partial charge in [0.25, 0.3) is 0 Å². The molecule has 1 aliphatic heterocycles. The molecule has 0 aliphatic carbocycles. The van der Waals surface area contributed by atoms with Gasteiger partial charge in [-0.15, -0.1) is 0 Å². The molecule has 4 nitrogen and oxygen atoms in total. The number of rotatable bonds is 2. The number of aryl methyl sites for hydroxylation is 1. The lowest BCUT2D eigenvalue weighted by molar-refractivity contribution is 0.294. The third-order valence-electron chi connectivity index (χ3n) is 2.10.